The van der Waals surface area contributed by atoms with Crippen LogP contribution in [-0.2, 0) is 32.0 Å². The summed E-state index contributed by atoms with van der Waals surface area (Å²) in [5.41, 5.74) is 2.88. The maximum absolute atomic E-state index is 14.9. The van der Waals surface area contributed by atoms with Crippen molar-refractivity contribution in [2.24, 2.45) is 17.8 Å². The van der Waals surface area contributed by atoms with E-state index in [0.717, 1.165) is 18.4 Å². The topological polar surface area (TPSA) is 138 Å². The number of hydrogen-bond acceptors (Lipinski definition) is 7. The van der Waals surface area contributed by atoms with E-state index in [9.17, 15) is 19.5 Å². The number of ether oxygens (including phenoxy) is 2. The van der Waals surface area contributed by atoms with E-state index in [4.69, 9.17) is 9.47 Å². The molecular weight excluding hydrogens is 697 g/mol. The Hall–Kier alpha value is -3.48. The molecule has 308 valence electrons. The normalized spacial score (nSPS) is 17.7. The number of rotatable bonds is 22. The smallest absolute Gasteiger partial charge is 0.318 e. The molecule has 0 radical (unpaired) electrons. The van der Waals surface area contributed by atoms with Gasteiger partial charge < -0.3 is 29.4 Å². The minimum Gasteiger partial charge on any atom is -0.393 e. The van der Waals surface area contributed by atoms with E-state index in [1.165, 1.54) is 37.1 Å². The number of carbonyl (C=O) groups excluding carboxylic acids is 3. The van der Waals surface area contributed by atoms with Gasteiger partial charge in [-0.2, -0.15) is 0 Å². The lowest BCUT2D eigenvalue weighted by atomic mass is 9.83. The number of hydrazine groups is 1. The van der Waals surface area contributed by atoms with Crippen molar-refractivity contribution >= 4 is 17.8 Å². The number of aliphatic hydroxyl groups excluding tert-OH is 1. The lowest BCUT2D eigenvalue weighted by Gasteiger charge is -2.40. The molecule has 1 aliphatic carbocycles. The predicted molar refractivity (Wildman–Crippen MR) is 215 cm³/mol. The highest BCUT2D eigenvalue weighted by Crippen LogP contribution is 2.30. The highest BCUT2D eigenvalue weighted by atomic mass is 16.7. The summed E-state index contributed by atoms with van der Waals surface area (Å²) >= 11 is 0. The number of aryl methyl sites for hydroxylation is 2. The zero-order valence-electron chi connectivity index (χ0n) is 34.1. The largest absolute Gasteiger partial charge is 0.393 e. The summed E-state index contributed by atoms with van der Waals surface area (Å²) in [6.07, 6.45) is 17.9. The highest BCUT2D eigenvalue weighted by Gasteiger charge is 2.42. The summed E-state index contributed by atoms with van der Waals surface area (Å²) in [4.78, 5) is 49.6. The van der Waals surface area contributed by atoms with Crippen molar-refractivity contribution in [3.8, 4) is 0 Å². The number of nitrogens with zero attached hydrogens (tertiary/aromatic N) is 4. The molecule has 0 spiro atoms. The number of aliphatic hydroxyl groups is 1. The van der Waals surface area contributed by atoms with Crippen LogP contribution in [0.15, 0.2) is 49.1 Å². The minimum absolute atomic E-state index is 0.0109. The molecule has 2 heterocycles. The second-order valence-electron chi connectivity index (χ2n) is 16.3. The van der Waals surface area contributed by atoms with Gasteiger partial charge in [0.2, 0.25) is 5.91 Å². The van der Waals surface area contributed by atoms with Crippen LogP contribution in [0.5, 0.6) is 0 Å². The molecule has 1 aromatic carbocycles. The third-order valence-electron chi connectivity index (χ3n) is 11.7. The molecule has 1 saturated heterocycles. The molecule has 0 unspecified atom stereocenters. The van der Waals surface area contributed by atoms with Crippen molar-refractivity contribution in [2.75, 3.05) is 33.5 Å². The van der Waals surface area contributed by atoms with Crippen LogP contribution in [0.1, 0.15) is 123 Å². The SMILES string of the molecule is CCCC[C@](CCc1ccccc1)(NC(=O)N1CCC(OCOC)CC1)C(=O)NN(CCCn1ccnc1)C(=O)[C@@H](C[C@@H](O)CCC1CCCCC1)C(C)C. The molecule has 3 atom stereocenters. The first-order valence-corrected chi connectivity index (χ1v) is 21.1. The molecule has 12 heteroatoms. The minimum atomic E-state index is -1.28. The van der Waals surface area contributed by atoms with Crippen LogP contribution in [0.25, 0.3) is 0 Å². The second-order valence-corrected chi connectivity index (χ2v) is 16.3. The quantitative estimate of drug-likeness (QED) is 0.0879. The lowest BCUT2D eigenvalue weighted by molar-refractivity contribution is -0.149. The van der Waals surface area contributed by atoms with E-state index in [-0.39, 0.29) is 43.2 Å². The summed E-state index contributed by atoms with van der Waals surface area (Å²) in [5.74, 6) is -0.487. The van der Waals surface area contributed by atoms with Crippen molar-refractivity contribution in [3.05, 3.63) is 54.6 Å². The molecule has 4 rings (SSSR count). The van der Waals surface area contributed by atoms with Gasteiger partial charge in [-0.3, -0.25) is 20.0 Å². The predicted octanol–water partition coefficient (Wildman–Crippen LogP) is 6.87. The Labute approximate surface area is 330 Å². The Morgan fingerprint density at radius 3 is 2.44 bits per heavy atom. The van der Waals surface area contributed by atoms with Gasteiger partial charge in [0.05, 0.1) is 18.5 Å². The average molecular weight is 767 g/mol. The van der Waals surface area contributed by atoms with Crippen LogP contribution in [0.3, 0.4) is 0 Å². The van der Waals surface area contributed by atoms with E-state index in [2.05, 4.69) is 22.7 Å². The first-order valence-electron chi connectivity index (χ1n) is 21.1. The van der Waals surface area contributed by atoms with Gasteiger partial charge in [-0.25, -0.2) is 9.78 Å². The first-order chi connectivity index (χ1) is 26.6. The number of urea groups is 1. The fourth-order valence-corrected chi connectivity index (χ4v) is 8.14. The van der Waals surface area contributed by atoms with Gasteiger partial charge in [0.25, 0.3) is 5.91 Å². The number of piperidine rings is 1. The third-order valence-corrected chi connectivity index (χ3v) is 11.7. The first kappa shape index (κ1) is 44.2. The summed E-state index contributed by atoms with van der Waals surface area (Å²) in [6.45, 7) is 8.21. The molecule has 12 nitrogen and oxygen atoms in total. The van der Waals surface area contributed by atoms with Crippen LogP contribution in [-0.4, -0.2) is 93.7 Å². The molecular formula is C43H70N6O6. The summed E-state index contributed by atoms with van der Waals surface area (Å²) in [5, 5.41) is 16.0. The van der Waals surface area contributed by atoms with Crippen molar-refractivity contribution in [1.29, 1.82) is 0 Å². The number of aromatic nitrogens is 2. The molecule has 55 heavy (non-hydrogen) atoms. The monoisotopic (exact) mass is 767 g/mol. The number of imidazole rings is 1. The zero-order chi connectivity index (χ0) is 39.5. The molecule has 1 saturated carbocycles. The lowest BCUT2D eigenvalue weighted by Crippen LogP contribution is -2.65. The van der Waals surface area contributed by atoms with E-state index in [1.54, 1.807) is 24.5 Å². The average Bonchev–Trinajstić information content (AvgIpc) is 3.73. The number of unbranched alkanes of at least 4 members (excludes halogenated alkanes) is 1. The second kappa shape index (κ2) is 23.6. The Morgan fingerprint density at radius 2 is 1.78 bits per heavy atom. The number of hydrogen-bond donors (Lipinski definition) is 3. The van der Waals surface area contributed by atoms with Crippen LogP contribution < -0.4 is 10.7 Å². The number of nitrogens with one attached hydrogen (secondary N) is 2. The number of amides is 4. The van der Waals surface area contributed by atoms with E-state index in [1.807, 2.05) is 54.9 Å². The zero-order valence-corrected chi connectivity index (χ0v) is 34.1. The summed E-state index contributed by atoms with van der Waals surface area (Å²) in [7, 11) is 1.60. The van der Waals surface area contributed by atoms with Gasteiger partial charge in [0.1, 0.15) is 12.3 Å². The fourth-order valence-electron chi connectivity index (χ4n) is 8.14. The van der Waals surface area contributed by atoms with Crippen LogP contribution in [0.4, 0.5) is 4.79 Å². The van der Waals surface area contributed by atoms with E-state index < -0.39 is 17.6 Å². The van der Waals surface area contributed by atoms with Gasteiger partial charge in [-0.05, 0) is 75.2 Å². The van der Waals surface area contributed by atoms with Crippen LogP contribution >= 0.6 is 0 Å². The maximum Gasteiger partial charge on any atom is 0.318 e. The maximum atomic E-state index is 14.9. The molecule has 2 aliphatic rings. The Bertz CT molecular complexity index is 1380. The van der Waals surface area contributed by atoms with Gasteiger partial charge in [-0.15, -0.1) is 0 Å². The molecule has 2 fully saturated rings. The molecule has 1 aromatic heterocycles. The molecule has 0 bridgehead atoms. The van der Waals surface area contributed by atoms with Crippen LogP contribution in [0.2, 0.25) is 0 Å². The number of carbonyl (C=O) groups is 3. The van der Waals surface area contributed by atoms with Crippen molar-refractivity contribution in [3.63, 3.8) is 0 Å². The molecule has 3 N–H and O–H groups in total. The Kier molecular flexibility index (Phi) is 18.9. The highest BCUT2D eigenvalue weighted by molar-refractivity contribution is 5.92. The molecule has 1 aliphatic heterocycles. The summed E-state index contributed by atoms with van der Waals surface area (Å²) < 4.78 is 12.8. The van der Waals surface area contributed by atoms with Gasteiger partial charge in [0, 0.05) is 51.6 Å². The van der Waals surface area contributed by atoms with E-state index >= 15 is 0 Å². The molecule has 4 amide bonds. The standard InChI is InChI=1S/C43H70N6O6/c1-5-6-23-43(24-20-36-16-11-8-12-17-36,45-42(53)48-28-21-38(22-29-48)55-33-54-4)41(52)46-49(27-13-26-47-30-25-44-32-47)40(51)39(34(2)3)31-37(50)19-18-35-14-9-7-10-15-35/h8,11-12,16-17,25,30,32,34-35,37-39,50H,5-7,9-10,13-15,18-24,26-29,31,33H2,1-4H3,(H,45,53)(H,46,52)/t37-,39-,43+/m0/s1. The fraction of sp³-hybridized carbons (Fsp3) is 0.721. The molecule has 2 aromatic rings. The van der Waals surface area contributed by atoms with Crippen molar-refractivity contribution < 1.29 is 29.0 Å². The Balaban J connectivity index is 1.57. The van der Waals surface area contributed by atoms with E-state index in [0.29, 0.717) is 83.3 Å². The number of benzene rings is 1. The van der Waals surface area contributed by atoms with Gasteiger partial charge in [0.15, 0.2) is 0 Å². The number of methoxy groups -OCH3 is 1. The van der Waals surface area contributed by atoms with Gasteiger partial charge >= 0.3 is 6.03 Å². The summed E-state index contributed by atoms with van der Waals surface area (Å²) in [6, 6.07) is 9.71. The van der Waals surface area contributed by atoms with Crippen LogP contribution in [0, 0.1) is 17.8 Å². The van der Waals surface area contributed by atoms with Gasteiger partial charge in [-0.1, -0.05) is 96.0 Å². The van der Waals surface area contributed by atoms with Crippen molar-refractivity contribution in [1.82, 2.24) is 30.2 Å². The number of likely N-dealkylation sites (tertiary alicyclic amines) is 1. The third kappa shape index (κ3) is 14.5. The Morgan fingerprint density at radius 1 is 1.04 bits per heavy atom. The van der Waals surface area contributed by atoms with Crippen molar-refractivity contribution in [2.45, 2.75) is 148 Å².